The van der Waals surface area contributed by atoms with Gasteiger partial charge in [0.15, 0.2) is 0 Å². The van der Waals surface area contributed by atoms with E-state index < -0.39 is 0 Å². The summed E-state index contributed by atoms with van der Waals surface area (Å²) in [6, 6.07) is 0. The molecule has 0 aromatic heterocycles. The molecule has 2 aliphatic rings. The average Bonchev–Trinajstić information content (AvgIpc) is 2.69. The van der Waals surface area contributed by atoms with Crippen LogP contribution in [0.1, 0.15) is 52.9 Å². The molecule has 88 valence electrons. The van der Waals surface area contributed by atoms with Crippen LogP contribution >= 0.6 is 0 Å². The van der Waals surface area contributed by atoms with Crippen molar-refractivity contribution in [2.45, 2.75) is 52.9 Å². The lowest BCUT2D eigenvalue weighted by molar-refractivity contribution is -0.0311. The molecule has 1 aliphatic heterocycles. The number of nitrogens with zero attached hydrogens (tertiary/aromatic N) is 1. The van der Waals surface area contributed by atoms with Gasteiger partial charge < -0.3 is 4.90 Å². The third-order valence-corrected chi connectivity index (χ3v) is 5.16. The van der Waals surface area contributed by atoms with Crippen molar-refractivity contribution < 1.29 is 0 Å². The smallest absolute Gasteiger partial charge is 0.00159 e. The number of rotatable bonds is 4. The summed E-state index contributed by atoms with van der Waals surface area (Å²) in [4.78, 5) is 2.66. The van der Waals surface area contributed by atoms with Crippen molar-refractivity contribution in [1.82, 2.24) is 4.90 Å². The van der Waals surface area contributed by atoms with Crippen molar-refractivity contribution in [2.75, 3.05) is 19.6 Å². The molecule has 1 saturated carbocycles. The molecule has 2 rings (SSSR count). The van der Waals surface area contributed by atoms with E-state index in [1.165, 1.54) is 51.7 Å². The molecule has 1 aliphatic carbocycles. The van der Waals surface area contributed by atoms with Gasteiger partial charge in [-0.05, 0) is 62.6 Å². The van der Waals surface area contributed by atoms with Gasteiger partial charge in [0, 0.05) is 0 Å². The SMILES string of the molecule is CCC1CC(CCN2CCCC2)C1(C)C. The van der Waals surface area contributed by atoms with Crippen LogP contribution in [0.5, 0.6) is 0 Å². The highest BCUT2D eigenvalue weighted by atomic mass is 15.1. The molecular formula is C14H27N. The number of hydrogen-bond acceptors (Lipinski definition) is 1. The van der Waals surface area contributed by atoms with E-state index in [-0.39, 0.29) is 0 Å². The topological polar surface area (TPSA) is 3.24 Å². The first-order valence-electron chi connectivity index (χ1n) is 6.87. The van der Waals surface area contributed by atoms with Gasteiger partial charge >= 0.3 is 0 Å². The Bertz CT molecular complexity index is 203. The Hall–Kier alpha value is -0.0400. The highest BCUT2D eigenvalue weighted by Gasteiger charge is 2.46. The van der Waals surface area contributed by atoms with Gasteiger partial charge in [0.1, 0.15) is 0 Å². The summed E-state index contributed by atoms with van der Waals surface area (Å²) in [6.07, 6.45) is 7.20. The highest BCUT2D eigenvalue weighted by Crippen LogP contribution is 2.54. The van der Waals surface area contributed by atoms with Crippen LogP contribution in [0.15, 0.2) is 0 Å². The van der Waals surface area contributed by atoms with Crippen LogP contribution in [-0.2, 0) is 0 Å². The number of hydrogen-bond donors (Lipinski definition) is 0. The molecular weight excluding hydrogens is 182 g/mol. The van der Waals surface area contributed by atoms with Crippen LogP contribution in [0, 0.1) is 17.3 Å². The molecule has 0 radical (unpaired) electrons. The predicted molar refractivity (Wildman–Crippen MR) is 66.0 cm³/mol. The summed E-state index contributed by atoms with van der Waals surface area (Å²) in [6.45, 7) is 11.4. The van der Waals surface area contributed by atoms with Gasteiger partial charge in [-0.1, -0.05) is 27.2 Å². The zero-order valence-corrected chi connectivity index (χ0v) is 10.8. The van der Waals surface area contributed by atoms with Gasteiger partial charge in [0.25, 0.3) is 0 Å². The fourth-order valence-electron chi connectivity index (χ4n) is 3.65. The van der Waals surface area contributed by atoms with Crippen LogP contribution in [0.2, 0.25) is 0 Å². The Morgan fingerprint density at radius 3 is 2.33 bits per heavy atom. The summed E-state index contributed by atoms with van der Waals surface area (Å²) in [5, 5.41) is 0. The molecule has 1 nitrogen and oxygen atoms in total. The zero-order valence-electron chi connectivity index (χ0n) is 10.8. The Kier molecular flexibility index (Phi) is 3.39. The van der Waals surface area contributed by atoms with E-state index in [9.17, 15) is 0 Å². The summed E-state index contributed by atoms with van der Waals surface area (Å²) in [7, 11) is 0. The van der Waals surface area contributed by atoms with Gasteiger partial charge in [0.05, 0.1) is 0 Å². The number of likely N-dealkylation sites (tertiary alicyclic amines) is 1. The second-order valence-corrected chi connectivity index (χ2v) is 6.20. The Morgan fingerprint density at radius 2 is 1.80 bits per heavy atom. The van der Waals surface area contributed by atoms with Crippen LogP contribution in [0.25, 0.3) is 0 Å². The predicted octanol–water partition coefficient (Wildman–Crippen LogP) is 3.54. The highest BCUT2D eigenvalue weighted by molar-refractivity contribution is 4.95. The van der Waals surface area contributed by atoms with Gasteiger partial charge in [-0.25, -0.2) is 0 Å². The summed E-state index contributed by atoms with van der Waals surface area (Å²) < 4.78 is 0. The van der Waals surface area contributed by atoms with Gasteiger partial charge in [-0.15, -0.1) is 0 Å². The second-order valence-electron chi connectivity index (χ2n) is 6.20. The van der Waals surface area contributed by atoms with E-state index in [2.05, 4.69) is 25.7 Å². The monoisotopic (exact) mass is 209 g/mol. The van der Waals surface area contributed by atoms with E-state index in [1.807, 2.05) is 0 Å². The van der Waals surface area contributed by atoms with Crippen molar-refractivity contribution >= 4 is 0 Å². The molecule has 0 spiro atoms. The van der Waals surface area contributed by atoms with Crippen molar-refractivity contribution in [2.24, 2.45) is 17.3 Å². The van der Waals surface area contributed by atoms with Crippen molar-refractivity contribution in [3.05, 3.63) is 0 Å². The first-order chi connectivity index (χ1) is 7.14. The molecule has 0 aromatic carbocycles. The lowest BCUT2D eigenvalue weighted by Crippen LogP contribution is -2.45. The lowest BCUT2D eigenvalue weighted by Gasteiger charge is -2.53. The van der Waals surface area contributed by atoms with Crippen molar-refractivity contribution in [3.8, 4) is 0 Å². The van der Waals surface area contributed by atoms with Crippen molar-refractivity contribution in [1.29, 1.82) is 0 Å². The zero-order chi connectivity index (χ0) is 10.9. The van der Waals surface area contributed by atoms with Crippen LogP contribution in [0.4, 0.5) is 0 Å². The van der Waals surface area contributed by atoms with E-state index in [0.29, 0.717) is 5.41 Å². The maximum Gasteiger partial charge on any atom is -0.00159 e. The minimum absolute atomic E-state index is 0.633. The van der Waals surface area contributed by atoms with Gasteiger partial charge in [0.2, 0.25) is 0 Å². The molecule has 0 amide bonds. The maximum atomic E-state index is 2.66. The van der Waals surface area contributed by atoms with Crippen LogP contribution < -0.4 is 0 Å². The summed E-state index contributed by atoms with van der Waals surface area (Å²) >= 11 is 0. The normalized spacial score (nSPS) is 35.4. The molecule has 0 bridgehead atoms. The molecule has 2 atom stereocenters. The Morgan fingerprint density at radius 1 is 1.13 bits per heavy atom. The first kappa shape index (κ1) is 11.4. The second kappa shape index (κ2) is 4.45. The molecule has 2 unspecified atom stereocenters. The van der Waals surface area contributed by atoms with E-state index in [0.717, 1.165) is 11.8 Å². The first-order valence-corrected chi connectivity index (χ1v) is 6.87. The summed E-state index contributed by atoms with van der Waals surface area (Å²) in [5.41, 5.74) is 0.633. The molecule has 1 heterocycles. The molecule has 2 fully saturated rings. The summed E-state index contributed by atoms with van der Waals surface area (Å²) in [5.74, 6) is 2.00. The average molecular weight is 209 g/mol. The minimum atomic E-state index is 0.633. The van der Waals surface area contributed by atoms with Crippen LogP contribution in [-0.4, -0.2) is 24.5 Å². The molecule has 0 N–H and O–H groups in total. The van der Waals surface area contributed by atoms with Gasteiger partial charge in [-0.2, -0.15) is 0 Å². The van der Waals surface area contributed by atoms with E-state index in [4.69, 9.17) is 0 Å². The minimum Gasteiger partial charge on any atom is -0.303 e. The van der Waals surface area contributed by atoms with E-state index in [1.54, 1.807) is 0 Å². The third-order valence-electron chi connectivity index (χ3n) is 5.16. The van der Waals surface area contributed by atoms with E-state index >= 15 is 0 Å². The fourth-order valence-corrected chi connectivity index (χ4v) is 3.65. The Balaban J connectivity index is 1.72. The quantitative estimate of drug-likeness (QED) is 0.684. The largest absolute Gasteiger partial charge is 0.303 e. The van der Waals surface area contributed by atoms with Gasteiger partial charge in [-0.3, -0.25) is 0 Å². The van der Waals surface area contributed by atoms with Crippen LogP contribution in [0.3, 0.4) is 0 Å². The molecule has 1 saturated heterocycles. The third kappa shape index (κ3) is 2.22. The molecule has 1 heteroatoms. The maximum absolute atomic E-state index is 2.66. The molecule has 0 aromatic rings. The lowest BCUT2D eigenvalue weighted by atomic mass is 9.53. The van der Waals surface area contributed by atoms with Crippen molar-refractivity contribution in [3.63, 3.8) is 0 Å². The fraction of sp³-hybridized carbons (Fsp3) is 1.00. The Labute approximate surface area is 95.2 Å². The standard InChI is InChI=1S/C14H27N/c1-4-12-11-13(14(12,2)3)7-10-15-8-5-6-9-15/h12-13H,4-11H2,1-3H3. The molecule has 15 heavy (non-hydrogen) atoms.